The van der Waals surface area contributed by atoms with E-state index >= 15 is 0 Å². The number of benzene rings is 2. The van der Waals surface area contributed by atoms with E-state index in [4.69, 9.17) is 0 Å². The number of Topliss-reactive ketones (excluding diaryl/α,β-unsaturated/α-hetero) is 1. The van der Waals surface area contributed by atoms with Gasteiger partial charge >= 0.3 is 0 Å². The molecule has 1 aliphatic rings. The highest BCUT2D eigenvalue weighted by Crippen LogP contribution is 2.39. The van der Waals surface area contributed by atoms with Crippen molar-refractivity contribution in [3.05, 3.63) is 107 Å². The second-order valence-electron chi connectivity index (χ2n) is 7.24. The molecule has 5 nitrogen and oxygen atoms in total. The highest BCUT2D eigenvalue weighted by Gasteiger charge is 2.44. The van der Waals surface area contributed by atoms with Crippen LogP contribution in [0.4, 0.5) is 4.39 Å². The largest absolute Gasteiger partial charge is 0.872 e. The minimum absolute atomic E-state index is 0.115. The first-order chi connectivity index (χ1) is 14.5. The number of aromatic nitrogens is 1. The number of ketones is 1. The Labute approximate surface area is 173 Å². The molecule has 150 valence electrons. The van der Waals surface area contributed by atoms with Crippen LogP contribution in [0.3, 0.4) is 0 Å². The molecule has 1 aliphatic heterocycles. The lowest BCUT2D eigenvalue weighted by Gasteiger charge is -2.27. The average molecular weight is 402 g/mol. The van der Waals surface area contributed by atoms with Gasteiger partial charge in [0.15, 0.2) is 12.4 Å². The molecule has 1 unspecified atom stereocenters. The summed E-state index contributed by atoms with van der Waals surface area (Å²) in [4.78, 5) is 30.2. The maximum absolute atomic E-state index is 13.3. The van der Waals surface area contributed by atoms with Crippen LogP contribution < -0.4 is 10.1 Å². The van der Waals surface area contributed by atoms with Crippen LogP contribution in [-0.4, -0.2) is 16.6 Å². The number of carbonyl (C=O) groups excluding carboxylic acids is 2. The lowest BCUT2D eigenvalue weighted by atomic mass is 9.94. The van der Waals surface area contributed by atoms with E-state index in [2.05, 4.69) is 4.98 Å². The first-order valence-electron chi connectivity index (χ1n) is 9.49. The lowest BCUT2D eigenvalue weighted by molar-refractivity contribution is -0.378. The molecular weight excluding hydrogens is 383 g/mol. The summed E-state index contributed by atoms with van der Waals surface area (Å²) in [5, 5.41) is 13.2. The minimum atomic E-state index is -0.824. The third-order valence-electron chi connectivity index (χ3n) is 5.15. The number of nitrogens with zero attached hydrogens (tertiary/aromatic N) is 1. The van der Waals surface area contributed by atoms with Gasteiger partial charge in [0.05, 0.1) is 12.6 Å². The smallest absolute Gasteiger partial charge is 0.295 e. The molecule has 1 atom stereocenters. The predicted octanol–water partition coefficient (Wildman–Crippen LogP) is 2.37. The SMILES string of the molecule is Cc1ccc(C2/C(=C(\[O-])c3ccc(F)cc3)C(=O)C(=O)N2Cc2ccc[nH+]c2)cc1. The number of amides is 1. The van der Waals surface area contributed by atoms with E-state index in [-0.39, 0.29) is 17.7 Å². The number of halogens is 1. The van der Waals surface area contributed by atoms with Gasteiger partial charge in [-0.05, 0) is 36.2 Å². The van der Waals surface area contributed by atoms with E-state index in [0.29, 0.717) is 5.56 Å². The highest BCUT2D eigenvalue weighted by atomic mass is 19.1. The molecule has 1 N–H and O–H groups in total. The van der Waals surface area contributed by atoms with Crippen molar-refractivity contribution in [1.29, 1.82) is 0 Å². The van der Waals surface area contributed by atoms with Crippen LogP contribution in [0, 0.1) is 12.7 Å². The van der Waals surface area contributed by atoms with E-state index in [9.17, 15) is 19.1 Å². The molecule has 2 heterocycles. The van der Waals surface area contributed by atoms with Crippen molar-refractivity contribution in [1.82, 2.24) is 4.90 Å². The van der Waals surface area contributed by atoms with Crippen molar-refractivity contribution >= 4 is 17.4 Å². The van der Waals surface area contributed by atoms with Gasteiger partial charge in [-0.3, -0.25) is 9.59 Å². The molecule has 1 amide bonds. The number of carbonyl (C=O) groups is 2. The van der Waals surface area contributed by atoms with Gasteiger partial charge in [0, 0.05) is 17.2 Å². The second kappa shape index (κ2) is 7.91. The zero-order chi connectivity index (χ0) is 21.3. The Balaban J connectivity index is 1.85. The van der Waals surface area contributed by atoms with Crippen LogP contribution >= 0.6 is 0 Å². The number of hydrogen-bond donors (Lipinski definition) is 0. The zero-order valence-electron chi connectivity index (χ0n) is 16.3. The van der Waals surface area contributed by atoms with Gasteiger partial charge in [0.25, 0.3) is 5.91 Å². The Morgan fingerprint density at radius 2 is 1.77 bits per heavy atom. The molecule has 0 radical (unpaired) electrons. The number of H-pyrrole nitrogens is 1. The summed E-state index contributed by atoms with van der Waals surface area (Å²) in [6.07, 6.45) is 3.48. The number of likely N-dealkylation sites (tertiary alicyclic amines) is 1. The van der Waals surface area contributed by atoms with Crippen LogP contribution in [0.25, 0.3) is 5.76 Å². The maximum atomic E-state index is 13.3. The summed E-state index contributed by atoms with van der Waals surface area (Å²) >= 11 is 0. The van der Waals surface area contributed by atoms with Gasteiger partial charge in [-0.1, -0.05) is 47.7 Å². The third-order valence-corrected chi connectivity index (χ3v) is 5.15. The number of nitrogens with one attached hydrogen (secondary N) is 1. The van der Waals surface area contributed by atoms with Crippen LogP contribution in [0.15, 0.2) is 78.6 Å². The van der Waals surface area contributed by atoms with Gasteiger partial charge in [0.1, 0.15) is 5.82 Å². The Hall–Kier alpha value is -3.80. The Morgan fingerprint density at radius 1 is 1.07 bits per heavy atom. The summed E-state index contributed by atoms with van der Waals surface area (Å²) in [7, 11) is 0. The number of aryl methyl sites for hydroxylation is 1. The fraction of sp³-hybridized carbons (Fsp3) is 0.125. The second-order valence-corrected chi connectivity index (χ2v) is 7.24. The fourth-order valence-corrected chi connectivity index (χ4v) is 3.61. The van der Waals surface area contributed by atoms with Crippen LogP contribution in [-0.2, 0) is 16.1 Å². The topological polar surface area (TPSA) is 74.6 Å². The first kappa shape index (κ1) is 19.5. The van der Waals surface area contributed by atoms with Crippen molar-refractivity contribution in [2.24, 2.45) is 0 Å². The van der Waals surface area contributed by atoms with Gasteiger partial charge in [0.2, 0.25) is 5.78 Å². The normalized spacial score (nSPS) is 18.1. The molecule has 0 spiro atoms. The lowest BCUT2D eigenvalue weighted by Crippen LogP contribution is -2.29. The summed E-state index contributed by atoms with van der Waals surface area (Å²) in [5.41, 5.74) is 2.54. The Bertz CT molecular complexity index is 1120. The van der Waals surface area contributed by atoms with E-state index in [1.165, 1.54) is 17.0 Å². The van der Waals surface area contributed by atoms with Gasteiger partial charge < -0.3 is 10.0 Å². The summed E-state index contributed by atoms with van der Waals surface area (Å²) in [5.74, 6) is -2.60. The van der Waals surface area contributed by atoms with E-state index in [0.717, 1.165) is 23.3 Å². The molecule has 0 aliphatic carbocycles. The summed E-state index contributed by atoms with van der Waals surface area (Å²) in [6.45, 7) is 2.10. The van der Waals surface area contributed by atoms with Crippen molar-refractivity contribution in [3.63, 3.8) is 0 Å². The summed E-state index contributed by atoms with van der Waals surface area (Å²) < 4.78 is 13.3. The van der Waals surface area contributed by atoms with Crippen LogP contribution in [0.1, 0.15) is 28.3 Å². The van der Waals surface area contributed by atoms with Crippen LogP contribution in [0.2, 0.25) is 0 Å². The molecular formula is C24H19FN2O3. The fourth-order valence-electron chi connectivity index (χ4n) is 3.61. The van der Waals surface area contributed by atoms with E-state index < -0.39 is 29.3 Å². The van der Waals surface area contributed by atoms with Crippen molar-refractivity contribution in [2.75, 3.05) is 0 Å². The molecule has 3 aromatic rings. The molecule has 4 rings (SSSR count). The molecule has 1 fully saturated rings. The number of hydrogen-bond acceptors (Lipinski definition) is 3. The van der Waals surface area contributed by atoms with Gasteiger partial charge in [-0.2, -0.15) is 0 Å². The molecule has 1 aromatic heterocycles. The summed E-state index contributed by atoms with van der Waals surface area (Å²) in [6, 6.07) is 15.2. The molecule has 0 bridgehead atoms. The van der Waals surface area contributed by atoms with E-state index in [1.54, 1.807) is 18.5 Å². The number of rotatable bonds is 4. The van der Waals surface area contributed by atoms with Crippen LogP contribution in [0.5, 0.6) is 0 Å². The monoisotopic (exact) mass is 402 g/mol. The number of aromatic amines is 1. The molecule has 6 heteroatoms. The zero-order valence-corrected chi connectivity index (χ0v) is 16.3. The van der Waals surface area contributed by atoms with E-state index in [1.807, 2.05) is 37.3 Å². The predicted molar refractivity (Wildman–Crippen MR) is 106 cm³/mol. The molecule has 30 heavy (non-hydrogen) atoms. The van der Waals surface area contributed by atoms with Crippen molar-refractivity contribution < 1.29 is 24.1 Å². The van der Waals surface area contributed by atoms with Gasteiger partial charge in [-0.15, -0.1) is 0 Å². The maximum Gasteiger partial charge on any atom is 0.295 e. The minimum Gasteiger partial charge on any atom is -0.872 e. The average Bonchev–Trinajstić information content (AvgIpc) is 3.00. The van der Waals surface area contributed by atoms with Crippen molar-refractivity contribution in [3.8, 4) is 0 Å². The third kappa shape index (κ3) is 3.59. The molecule has 1 saturated heterocycles. The van der Waals surface area contributed by atoms with Gasteiger partial charge in [-0.25, -0.2) is 9.37 Å². The Morgan fingerprint density at radius 3 is 2.40 bits per heavy atom. The quantitative estimate of drug-likeness (QED) is 0.382. The number of pyridine rings is 1. The Kier molecular flexibility index (Phi) is 5.14. The first-order valence-corrected chi connectivity index (χ1v) is 9.49. The standard InChI is InChI=1S/C24H19FN2O3/c1-15-4-6-17(7-5-15)21-20(22(28)18-8-10-19(25)11-9-18)23(29)24(30)27(21)14-16-3-2-12-26-13-16/h2-13,21,28H,14H2,1H3/b22-20+. The molecule has 0 saturated carbocycles. The highest BCUT2D eigenvalue weighted by molar-refractivity contribution is 6.46. The van der Waals surface area contributed by atoms with Crippen molar-refractivity contribution in [2.45, 2.75) is 19.5 Å². The molecule has 2 aromatic carbocycles.